The van der Waals surface area contributed by atoms with Crippen LogP contribution in [0.2, 0.25) is 0 Å². The third-order valence-corrected chi connectivity index (χ3v) is 4.29. The number of nitrogen functional groups attached to an aromatic ring is 1. The van der Waals surface area contributed by atoms with Crippen molar-refractivity contribution in [3.05, 3.63) is 6.20 Å². The molecule has 8 heteroatoms. The Morgan fingerprint density at radius 1 is 1.40 bits per heavy atom. The number of hydrogen-bond acceptors (Lipinski definition) is 5. The molecule has 0 aromatic carbocycles. The molecule has 0 aliphatic heterocycles. The molecule has 116 valence electrons. The molecule has 0 bridgehead atoms. The number of aromatic nitrogens is 2. The molecule has 0 unspecified atom stereocenters. The second kappa shape index (κ2) is 8.23. The van der Waals surface area contributed by atoms with Crippen LogP contribution in [0.3, 0.4) is 0 Å². The van der Waals surface area contributed by atoms with Crippen LogP contribution in [0, 0.1) is 0 Å². The number of anilines is 1. The van der Waals surface area contributed by atoms with Gasteiger partial charge in [-0.3, -0.25) is 4.68 Å². The Bertz CT molecular complexity index is 499. The Kier molecular flexibility index (Phi) is 6.97. The molecule has 0 aliphatic carbocycles. The minimum atomic E-state index is -3.57. The molecule has 3 N–H and O–H groups in total. The van der Waals surface area contributed by atoms with E-state index in [1.165, 1.54) is 6.20 Å². The highest BCUT2D eigenvalue weighted by Crippen LogP contribution is 2.16. The zero-order chi connectivity index (χ0) is 15.0. The van der Waals surface area contributed by atoms with Gasteiger partial charge in [-0.15, -0.1) is 0 Å². The maximum absolute atomic E-state index is 12.1. The van der Waals surface area contributed by atoms with E-state index in [2.05, 4.69) is 9.82 Å². The molecule has 1 aromatic rings. The Morgan fingerprint density at radius 3 is 2.80 bits per heavy atom. The molecule has 0 saturated carbocycles. The number of rotatable bonds is 10. The van der Waals surface area contributed by atoms with Crippen LogP contribution in [0.4, 0.5) is 5.82 Å². The Labute approximate surface area is 120 Å². The number of ether oxygens (including phenoxy) is 1. The number of nitrogens with two attached hydrogens (primary N) is 1. The summed E-state index contributed by atoms with van der Waals surface area (Å²) in [6.07, 6.45) is 4.96. The average molecular weight is 304 g/mol. The minimum absolute atomic E-state index is 0.0466. The van der Waals surface area contributed by atoms with E-state index >= 15 is 0 Å². The van der Waals surface area contributed by atoms with Crippen LogP contribution in [0.5, 0.6) is 0 Å². The maximum Gasteiger partial charge on any atom is 0.245 e. The highest BCUT2D eigenvalue weighted by atomic mass is 32.2. The van der Waals surface area contributed by atoms with E-state index in [1.807, 2.05) is 6.92 Å². The zero-order valence-electron chi connectivity index (χ0n) is 12.1. The van der Waals surface area contributed by atoms with E-state index in [0.717, 1.165) is 25.7 Å². The Balaban J connectivity index is 2.51. The van der Waals surface area contributed by atoms with Crippen molar-refractivity contribution in [3.8, 4) is 0 Å². The van der Waals surface area contributed by atoms with E-state index in [0.29, 0.717) is 19.7 Å². The van der Waals surface area contributed by atoms with Gasteiger partial charge in [0.2, 0.25) is 10.0 Å². The number of aryl methyl sites for hydroxylation is 1. The maximum atomic E-state index is 12.1. The Hall–Kier alpha value is -1.12. The molecule has 0 radical (unpaired) electrons. The number of methoxy groups -OCH3 is 1. The number of nitrogens with zero attached hydrogens (tertiary/aromatic N) is 2. The predicted molar refractivity (Wildman–Crippen MR) is 77.8 cm³/mol. The van der Waals surface area contributed by atoms with E-state index < -0.39 is 10.0 Å². The standard InChI is InChI=1S/C12H24N4O3S/c1-3-8-16-10-11(12(13)15-16)20(17,18)14-7-5-4-6-9-19-2/h10,14H,3-9H2,1-2H3,(H2,13,15). The van der Waals surface area contributed by atoms with Gasteiger partial charge in [-0.2, -0.15) is 5.10 Å². The lowest BCUT2D eigenvalue weighted by atomic mass is 10.2. The van der Waals surface area contributed by atoms with Crippen molar-refractivity contribution >= 4 is 15.8 Å². The van der Waals surface area contributed by atoms with E-state index in [4.69, 9.17) is 10.5 Å². The lowest BCUT2D eigenvalue weighted by Gasteiger charge is -2.05. The van der Waals surface area contributed by atoms with Crippen molar-refractivity contribution < 1.29 is 13.2 Å². The van der Waals surface area contributed by atoms with Crippen molar-refractivity contribution in [3.63, 3.8) is 0 Å². The number of unbranched alkanes of at least 4 members (excludes halogenated alkanes) is 2. The smallest absolute Gasteiger partial charge is 0.245 e. The minimum Gasteiger partial charge on any atom is -0.385 e. The van der Waals surface area contributed by atoms with Gasteiger partial charge in [0.25, 0.3) is 0 Å². The van der Waals surface area contributed by atoms with Gasteiger partial charge in [0, 0.05) is 33.0 Å². The van der Waals surface area contributed by atoms with Gasteiger partial charge in [-0.05, 0) is 25.7 Å². The predicted octanol–water partition coefficient (Wildman–Crippen LogP) is 0.970. The first-order valence-electron chi connectivity index (χ1n) is 6.82. The zero-order valence-corrected chi connectivity index (χ0v) is 12.9. The van der Waals surface area contributed by atoms with Gasteiger partial charge in [-0.1, -0.05) is 6.92 Å². The summed E-state index contributed by atoms with van der Waals surface area (Å²) in [5, 5.41) is 3.99. The monoisotopic (exact) mass is 304 g/mol. The lowest BCUT2D eigenvalue weighted by Crippen LogP contribution is -2.25. The van der Waals surface area contributed by atoms with Crippen molar-refractivity contribution in [2.24, 2.45) is 0 Å². The van der Waals surface area contributed by atoms with Crippen molar-refractivity contribution in [2.75, 3.05) is 26.0 Å². The summed E-state index contributed by atoms with van der Waals surface area (Å²) in [6, 6.07) is 0. The fraction of sp³-hybridized carbons (Fsp3) is 0.750. The van der Waals surface area contributed by atoms with Gasteiger partial charge >= 0.3 is 0 Å². The molecular weight excluding hydrogens is 280 g/mol. The van der Waals surface area contributed by atoms with Crippen LogP contribution in [0.1, 0.15) is 32.6 Å². The third kappa shape index (κ3) is 5.10. The van der Waals surface area contributed by atoms with Gasteiger partial charge in [0.15, 0.2) is 5.82 Å². The first-order valence-corrected chi connectivity index (χ1v) is 8.31. The molecular formula is C12H24N4O3S. The SMILES string of the molecule is CCCn1cc(S(=O)(=O)NCCCCCOC)c(N)n1. The van der Waals surface area contributed by atoms with E-state index in [1.54, 1.807) is 11.8 Å². The van der Waals surface area contributed by atoms with E-state index in [-0.39, 0.29) is 10.7 Å². The van der Waals surface area contributed by atoms with Crippen molar-refractivity contribution in [1.29, 1.82) is 0 Å². The third-order valence-electron chi connectivity index (χ3n) is 2.81. The Morgan fingerprint density at radius 2 is 2.15 bits per heavy atom. The number of nitrogens with one attached hydrogen (secondary N) is 1. The van der Waals surface area contributed by atoms with Crippen LogP contribution in [-0.2, 0) is 21.3 Å². The summed E-state index contributed by atoms with van der Waals surface area (Å²) in [5.74, 6) is 0.0466. The summed E-state index contributed by atoms with van der Waals surface area (Å²) >= 11 is 0. The van der Waals surface area contributed by atoms with Crippen LogP contribution < -0.4 is 10.5 Å². The molecule has 0 aliphatic rings. The molecule has 7 nitrogen and oxygen atoms in total. The molecule has 1 rings (SSSR count). The van der Waals surface area contributed by atoms with Crippen LogP contribution in [0.15, 0.2) is 11.1 Å². The molecule has 20 heavy (non-hydrogen) atoms. The normalized spacial score (nSPS) is 11.9. The average Bonchev–Trinajstić information content (AvgIpc) is 2.76. The lowest BCUT2D eigenvalue weighted by molar-refractivity contribution is 0.192. The second-order valence-corrected chi connectivity index (χ2v) is 6.33. The molecule has 0 fully saturated rings. The van der Waals surface area contributed by atoms with Gasteiger partial charge < -0.3 is 10.5 Å². The topological polar surface area (TPSA) is 99.2 Å². The van der Waals surface area contributed by atoms with Crippen LogP contribution in [-0.4, -0.2) is 38.5 Å². The summed E-state index contributed by atoms with van der Waals surface area (Å²) in [6.45, 7) is 3.73. The summed E-state index contributed by atoms with van der Waals surface area (Å²) < 4.78 is 33.2. The van der Waals surface area contributed by atoms with Gasteiger partial charge in [0.1, 0.15) is 4.90 Å². The summed E-state index contributed by atoms with van der Waals surface area (Å²) in [7, 11) is -1.92. The van der Waals surface area contributed by atoms with Crippen molar-refractivity contribution in [1.82, 2.24) is 14.5 Å². The van der Waals surface area contributed by atoms with Crippen molar-refractivity contribution in [2.45, 2.75) is 44.0 Å². The molecule has 0 saturated heterocycles. The van der Waals surface area contributed by atoms with E-state index in [9.17, 15) is 8.42 Å². The second-order valence-electron chi connectivity index (χ2n) is 4.59. The fourth-order valence-electron chi connectivity index (χ4n) is 1.80. The summed E-state index contributed by atoms with van der Waals surface area (Å²) in [4.78, 5) is 0.0582. The summed E-state index contributed by atoms with van der Waals surface area (Å²) in [5.41, 5.74) is 5.66. The first-order chi connectivity index (χ1) is 9.51. The highest BCUT2D eigenvalue weighted by molar-refractivity contribution is 7.89. The first kappa shape index (κ1) is 16.9. The van der Waals surface area contributed by atoms with Crippen LogP contribution >= 0.6 is 0 Å². The molecule has 0 atom stereocenters. The molecule has 0 amide bonds. The fourth-order valence-corrected chi connectivity index (χ4v) is 2.95. The van der Waals surface area contributed by atoms with Gasteiger partial charge in [-0.25, -0.2) is 13.1 Å². The molecule has 1 aromatic heterocycles. The molecule has 0 spiro atoms. The highest BCUT2D eigenvalue weighted by Gasteiger charge is 2.20. The van der Waals surface area contributed by atoms with Gasteiger partial charge in [0.05, 0.1) is 0 Å². The number of hydrogen-bond donors (Lipinski definition) is 2. The van der Waals surface area contributed by atoms with Crippen LogP contribution in [0.25, 0.3) is 0 Å². The number of sulfonamides is 1. The largest absolute Gasteiger partial charge is 0.385 e. The molecule has 1 heterocycles. The quantitative estimate of drug-likeness (QED) is 0.627.